The van der Waals surface area contributed by atoms with Gasteiger partial charge in [-0.05, 0) is 25.3 Å². The second kappa shape index (κ2) is 8.94. The standard InChI is InChI=1S/C20H27N3O2S/c1-14(10-11-15-8-6-5-7-9-15)21-17(24)12-16-13-26-19(22-16)23-18(25)20(2,3)4/h5-9,13-14H,10-12H2,1-4H3,(H,21,24)(H,22,23,25). The molecule has 0 bridgehead atoms. The molecule has 2 aromatic rings. The molecule has 6 heteroatoms. The van der Waals surface area contributed by atoms with E-state index in [0.29, 0.717) is 10.8 Å². The number of carbonyl (C=O) groups is 2. The fourth-order valence-corrected chi connectivity index (χ4v) is 3.03. The zero-order valence-corrected chi connectivity index (χ0v) is 16.7. The van der Waals surface area contributed by atoms with Crippen molar-refractivity contribution >= 4 is 28.3 Å². The van der Waals surface area contributed by atoms with Crippen LogP contribution in [0.5, 0.6) is 0 Å². The van der Waals surface area contributed by atoms with E-state index in [1.807, 2.05) is 51.3 Å². The van der Waals surface area contributed by atoms with Crippen molar-refractivity contribution in [2.75, 3.05) is 5.32 Å². The van der Waals surface area contributed by atoms with E-state index >= 15 is 0 Å². The van der Waals surface area contributed by atoms with Gasteiger partial charge < -0.3 is 10.6 Å². The predicted octanol–water partition coefficient (Wildman–Crippen LogP) is 3.81. The Bertz CT molecular complexity index is 735. The third-order valence-corrected chi connectivity index (χ3v) is 4.72. The first-order valence-corrected chi connectivity index (χ1v) is 9.71. The number of hydrogen-bond acceptors (Lipinski definition) is 4. The van der Waals surface area contributed by atoms with Gasteiger partial charge in [0.15, 0.2) is 5.13 Å². The molecule has 1 heterocycles. The van der Waals surface area contributed by atoms with Gasteiger partial charge in [0.1, 0.15) is 0 Å². The van der Waals surface area contributed by atoms with Crippen molar-refractivity contribution in [3.05, 3.63) is 47.0 Å². The molecule has 0 aliphatic heterocycles. The van der Waals surface area contributed by atoms with E-state index in [9.17, 15) is 9.59 Å². The number of benzene rings is 1. The quantitative estimate of drug-likeness (QED) is 0.775. The molecule has 2 amide bonds. The molecule has 0 saturated carbocycles. The second-order valence-corrected chi connectivity index (χ2v) is 8.38. The summed E-state index contributed by atoms with van der Waals surface area (Å²) in [6, 6.07) is 10.3. The average Bonchev–Trinajstić information content (AvgIpc) is 2.99. The van der Waals surface area contributed by atoms with E-state index in [4.69, 9.17) is 0 Å². The summed E-state index contributed by atoms with van der Waals surface area (Å²) >= 11 is 1.34. The summed E-state index contributed by atoms with van der Waals surface area (Å²) in [4.78, 5) is 28.5. The molecule has 1 atom stereocenters. The summed E-state index contributed by atoms with van der Waals surface area (Å²) in [5.74, 6) is -0.137. The minimum atomic E-state index is -0.475. The number of aryl methyl sites for hydroxylation is 1. The maximum Gasteiger partial charge on any atom is 0.231 e. The molecule has 0 aliphatic rings. The number of nitrogens with zero attached hydrogens (tertiary/aromatic N) is 1. The largest absolute Gasteiger partial charge is 0.353 e. The third kappa shape index (κ3) is 6.59. The molecule has 1 aromatic heterocycles. The van der Waals surface area contributed by atoms with Crippen molar-refractivity contribution < 1.29 is 9.59 Å². The fraction of sp³-hybridized carbons (Fsp3) is 0.450. The summed E-state index contributed by atoms with van der Waals surface area (Å²) < 4.78 is 0. The number of aromatic nitrogens is 1. The molecule has 0 spiro atoms. The van der Waals surface area contributed by atoms with Gasteiger partial charge in [0.05, 0.1) is 12.1 Å². The lowest BCUT2D eigenvalue weighted by molar-refractivity contribution is -0.123. The summed E-state index contributed by atoms with van der Waals surface area (Å²) in [5, 5.41) is 8.15. The van der Waals surface area contributed by atoms with Crippen LogP contribution in [-0.2, 0) is 22.4 Å². The molecule has 0 saturated heterocycles. The Balaban J connectivity index is 1.78. The lowest BCUT2D eigenvalue weighted by atomic mass is 9.96. The van der Waals surface area contributed by atoms with Crippen molar-refractivity contribution in [2.45, 2.75) is 53.0 Å². The van der Waals surface area contributed by atoms with Crippen LogP contribution in [0.2, 0.25) is 0 Å². The number of nitrogens with one attached hydrogen (secondary N) is 2. The maximum atomic E-state index is 12.2. The summed E-state index contributed by atoms with van der Waals surface area (Å²) in [7, 11) is 0. The molecule has 0 aliphatic carbocycles. The number of carbonyl (C=O) groups excluding carboxylic acids is 2. The topological polar surface area (TPSA) is 71.1 Å². The Morgan fingerprint density at radius 1 is 1.19 bits per heavy atom. The van der Waals surface area contributed by atoms with Crippen LogP contribution >= 0.6 is 11.3 Å². The van der Waals surface area contributed by atoms with Crippen LogP contribution < -0.4 is 10.6 Å². The highest BCUT2D eigenvalue weighted by molar-refractivity contribution is 7.13. The van der Waals surface area contributed by atoms with Gasteiger partial charge in [-0.1, -0.05) is 51.1 Å². The zero-order valence-electron chi connectivity index (χ0n) is 15.8. The van der Waals surface area contributed by atoms with Crippen LogP contribution in [0.15, 0.2) is 35.7 Å². The number of anilines is 1. The molecule has 0 radical (unpaired) electrons. The van der Waals surface area contributed by atoms with Crippen LogP contribution in [0, 0.1) is 5.41 Å². The first-order chi connectivity index (χ1) is 12.2. The number of amides is 2. The van der Waals surface area contributed by atoms with Crippen LogP contribution in [0.1, 0.15) is 45.4 Å². The summed E-state index contributed by atoms with van der Waals surface area (Å²) in [6.07, 6.45) is 2.04. The van der Waals surface area contributed by atoms with Gasteiger partial charge in [-0.3, -0.25) is 9.59 Å². The van der Waals surface area contributed by atoms with Crippen molar-refractivity contribution in [3.63, 3.8) is 0 Å². The van der Waals surface area contributed by atoms with E-state index in [-0.39, 0.29) is 24.3 Å². The van der Waals surface area contributed by atoms with E-state index in [1.165, 1.54) is 16.9 Å². The maximum absolute atomic E-state index is 12.2. The minimum Gasteiger partial charge on any atom is -0.353 e. The van der Waals surface area contributed by atoms with Gasteiger partial charge in [-0.15, -0.1) is 11.3 Å². The van der Waals surface area contributed by atoms with Gasteiger partial charge in [0.25, 0.3) is 0 Å². The molecule has 5 nitrogen and oxygen atoms in total. The van der Waals surface area contributed by atoms with Crippen molar-refractivity contribution in [2.24, 2.45) is 5.41 Å². The lowest BCUT2D eigenvalue weighted by Crippen LogP contribution is -2.34. The van der Waals surface area contributed by atoms with Gasteiger partial charge in [-0.25, -0.2) is 4.98 Å². The first-order valence-electron chi connectivity index (χ1n) is 8.83. The fourth-order valence-electron chi connectivity index (χ4n) is 2.32. The first kappa shape index (κ1) is 20.1. The molecule has 0 fully saturated rings. The highest BCUT2D eigenvalue weighted by Gasteiger charge is 2.22. The van der Waals surface area contributed by atoms with Crippen LogP contribution in [-0.4, -0.2) is 22.8 Å². The predicted molar refractivity (Wildman–Crippen MR) is 106 cm³/mol. The van der Waals surface area contributed by atoms with E-state index in [1.54, 1.807) is 0 Å². The molecular weight excluding hydrogens is 346 g/mol. The number of hydrogen-bond donors (Lipinski definition) is 2. The summed E-state index contributed by atoms with van der Waals surface area (Å²) in [6.45, 7) is 7.56. The van der Waals surface area contributed by atoms with Crippen molar-refractivity contribution in [1.82, 2.24) is 10.3 Å². The molecular formula is C20H27N3O2S. The zero-order chi connectivity index (χ0) is 19.2. The van der Waals surface area contributed by atoms with Gasteiger partial charge in [0, 0.05) is 16.8 Å². The Morgan fingerprint density at radius 2 is 1.88 bits per heavy atom. The van der Waals surface area contributed by atoms with E-state index in [0.717, 1.165) is 12.8 Å². The highest BCUT2D eigenvalue weighted by Crippen LogP contribution is 2.20. The van der Waals surface area contributed by atoms with Crippen LogP contribution in [0.4, 0.5) is 5.13 Å². The second-order valence-electron chi connectivity index (χ2n) is 7.52. The van der Waals surface area contributed by atoms with Crippen LogP contribution in [0.25, 0.3) is 0 Å². The van der Waals surface area contributed by atoms with Gasteiger partial charge in [-0.2, -0.15) is 0 Å². The van der Waals surface area contributed by atoms with Crippen molar-refractivity contribution in [3.8, 4) is 0 Å². The smallest absolute Gasteiger partial charge is 0.231 e. The monoisotopic (exact) mass is 373 g/mol. The Morgan fingerprint density at radius 3 is 2.54 bits per heavy atom. The normalized spacial score (nSPS) is 12.5. The molecule has 140 valence electrons. The van der Waals surface area contributed by atoms with E-state index < -0.39 is 5.41 Å². The SMILES string of the molecule is CC(CCc1ccccc1)NC(=O)Cc1csc(NC(=O)C(C)(C)C)n1. The summed E-state index contributed by atoms with van der Waals surface area (Å²) in [5.41, 5.74) is 1.47. The van der Waals surface area contributed by atoms with Gasteiger partial charge in [0.2, 0.25) is 11.8 Å². The average molecular weight is 374 g/mol. The molecule has 2 rings (SSSR count). The van der Waals surface area contributed by atoms with Crippen LogP contribution in [0.3, 0.4) is 0 Å². The van der Waals surface area contributed by atoms with E-state index in [2.05, 4.69) is 27.8 Å². The highest BCUT2D eigenvalue weighted by atomic mass is 32.1. The van der Waals surface area contributed by atoms with Gasteiger partial charge >= 0.3 is 0 Å². The minimum absolute atomic E-state index is 0.0513. The van der Waals surface area contributed by atoms with Crippen molar-refractivity contribution in [1.29, 1.82) is 0 Å². The number of rotatable bonds is 7. The number of thiazole rings is 1. The molecule has 26 heavy (non-hydrogen) atoms. The molecule has 1 aromatic carbocycles. The third-order valence-electron chi connectivity index (χ3n) is 3.91. The molecule has 1 unspecified atom stereocenters. The Hall–Kier alpha value is -2.21. The lowest BCUT2D eigenvalue weighted by Gasteiger charge is -2.16. The Labute approximate surface area is 159 Å². The Kier molecular flexibility index (Phi) is 6.91. The molecule has 2 N–H and O–H groups in total.